The number of rotatable bonds is 2. The van der Waals surface area contributed by atoms with Gasteiger partial charge in [0.15, 0.2) is 0 Å². The van der Waals surface area contributed by atoms with Crippen LogP contribution in [0.1, 0.15) is 0 Å². The van der Waals surface area contributed by atoms with E-state index in [-0.39, 0.29) is 5.95 Å². The quantitative estimate of drug-likeness (QED) is 0.731. The van der Waals surface area contributed by atoms with Gasteiger partial charge >= 0.3 is 0 Å². The van der Waals surface area contributed by atoms with E-state index in [2.05, 4.69) is 19.9 Å². The first-order chi connectivity index (χ1) is 9.22. The molecule has 5 nitrogen and oxygen atoms in total. The Morgan fingerprint density at radius 1 is 1.11 bits per heavy atom. The highest BCUT2D eigenvalue weighted by Crippen LogP contribution is 2.30. The van der Waals surface area contributed by atoms with Crippen molar-refractivity contribution in [3.05, 3.63) is 41.8 Å². The van der Waals surface area contributed by atoms with Crippen molar-refractivity contribution in [2.24, 2.45) is 0 Å². The molecule has 0 radical (unpaired) electrons. The van der Waals surface area contributed by atoms with E-state index in [1.807, 2.05) is 24.3 Å². The van der Waals surface area contributed by atoms with Gasteiger partial charge < -0.3 is 5.73 Å². The van der Waals surface area contributed by atoms with Gasteiger partial charge in [-0.15, -0.1) is 0 Å². The maximum Gasteiger partial charge on any atom is 0.222 e. The summed E-state index contributed by atoms with van der Waals surface area (Å²) in [5.41, 5.74) is 6.46. The minimum atomic E-state index is 0.147. The van der Waals surface area contributed by atoms with Gasteiger partial charge in [0.1, 0.15) is 21.5 Å². The predicted molar refractivity (Wildman–Crippen MR) is 75.1 cm³/mol. The van der Waals surface area contributed by atoms with Crippen molar-refractivity contribution in [2.45, 2.75) is 10.1 Å². The molecule has 2 heterocycles. The Morgan fingerprint density at radius 3 is 2.79 bits per heavy atom. The van der Waals surface area contributed by atoms with Gasteiger partial charge in [-0.1, -0.05) is 29.8 Å². The zero-order chi connectivity index (χ0) is 13.2. The standard InChI is InChI=1S/C12H8ClN5S/c13-9-5-10(18-12(14)17-9)19-11-7-3-1-2-4-8(7)15-6-16-11/h1-6H,(H2,14,17,18). The smallest absolute Gasteiger partial charge is 0.222 e. The van der Waals surface area contributed by atoms with Crippen molar-refractivity contribution >= 4 is 40.2 Å². The Labute approximate surface area is 118 Å². The summed E-state index contributed by atoms with van der Waals surface area (Å²) >= 11 is 7.24. The highest BCUT2D eigenvalue weighted by Gasteiger charge is 2.08. The van der Waals surface area contributed by atoms with Crippen molar-refractivity contribution in [3.8, 4) is 0 Å². The Balaban J connectivity index is 2.05. The maximum absolute atomic E-state index is 5.86. The molecular formula is C12H8ClN5S. The summed E-state index contributed by atoms with van der Waals surface area (Å²) in [7, 11) is 0. The fraction of sp³-hybridized carbons (Fsp3) is 0. The normalized spacial score (nSPS) is 10.8. The molecule has 2 aromatic heterocycles. The molecule has 1 aromatic carbocycles. The van der Waals surface area contributed by atoms with Crippen LogP contribution in [0.4, 0.5) is 5.95 Å². The average molecular weight is 290 g/mol. The predicted octanol–water partition coefficient (Wildman–Crippen LogP) is 2.81. The van der Waals surface area contributed by atoms with E-state index >= 15 is 0 Å². The lowest BCUT2D eigenvalue weighted by atomic mass is 10.2. The number of nitrogen functional groups attached to an aromatic ring is 1. The van der Waals surface area contributed by atoms with Crippen LogP contribution in [0.3, 0.4) is 0 Å². The van der Waals surface area contributed by atoms with Gasteiger partial charge in [0.25, 0.3) is 0 Å². The summed E-state index contributed by atoms with van der Waals surface area (Å²) in [5, 5.41) is 2.73. The lowest BCUT2D eigenvalue weighted by molar-refractivity contribution is 1.05. The van der Waals surface area contributed by atoms with Crippen LogP contribution in [0.2, 0.25) is 5.15 Å². The molecule has 0 aliphatic rings. The highest BCUT2D eigenvalue weighted by molar-refractivity contribution is 7.99. The van der Waals surface area contributed by atoms with Crippen LogP contribution in [-0.2, 0) is 0 Å². The summed E-state index contributed by atoms with van der Waals surface area (Å²) in [6, 6.07) is 9.42. The molecule has 0 spiro atoms. The zero-order valence-corrected chi connectivity index (χ0v) is 11.2. The van der Waals surface area contributed by atoms with E-state index in [0.29, 0.717) is 10.2 Å². The molecule has 7 heteroatoms. The molecule has 3 aromatic rings. The van der Waals surface area contributed by atoms with Crippen LogP contribution in [-0.4, -0.2) is 19.9 Å². The molecule has 0 aliphatic heterocycles. The molecule has 0 saturated heterocycles. The van der Waals surface area contributed by atoms with Gasteiger partial charge in [-0.3, -0.25) is 0 Å². The van der Waals surface area contributed by atoms with Crippen molar-refractivity contribution < 1.29 is 0 Å². The van der Waals surface area contributed by atoms with Gasteiger partial charge in [0.2, 0.25) is 5.95 Å². The van der Waals surface area contributed by atoms with Crippen molar-refractivity contribution in [2.75, 3.05) is 5.73 Å². The Morgan fingerprint density at radius 2 is 1.95 bits per heavy atom. The molecule has 19 heavy (non-hydrogen) atoms. The molecule has 0 atom stereocenters. The molecule has 0 saturated carbocycles. The van der Waals surface area contributed by atoms with Crippen LogP contribution < -0.4 is 5.73 Å². The topological polar surface area (TPSA) is 77.6 Å². The van der Waals surface area contributed by atoms with Crippen LogP contribution in [0.15, 0.2) is 46.7 Å². The molecule has 2 N–H and O–H groups in total. The number of benzene rings is 1. The first-order valence-corrected chi connectivity index (χ1v) is 6.59. The third-order valence-electron chi connectivity index (χ3n) is 2.40. The third kappa shape index (κ3) is 2.59. The number of fused-ring (bicyclic) bond motifs is 1. The number of para-hydroxylation sites is 1. The monoisotopic (exact) mass is 289 g/mol. The van der Waals surface area contributed by atoms with Crippen molar-refractivity contribution in [1.29, 1.82) is 0 Å². The molecule has 94 valence electrons. The maximum atomic E-state index is 5.86. The molecule has 0 amide bonds. The van der Waals surface area contributed by atoms with Gasteiger partial charge in [-0.05, 0) is 17.8 Å². The number of nitrogens with two attached hydrogens (primary N) is 1. The zero-order valence-electron chi connectivity index (χ0n) is 9.62. The number of nitrogens with zero attached hydrogens (tertiary/aromatic N) is 4. The molecule has 0 bridgehead atoms. The third-order valence-corrected chi connectivity index (χ3v) is 3.53. The van der Waals surface area contributed by atoms with E-state index in [1.165, 1.54) is 18.1 Å². The average Bonchev–Trinajstić information content (AvgIpc) is 2.38. The van der Waals surface area contributed by atoms with E-state index in [1.54, 1.807) is 6.07 Å². The highest BCUT2D eigenvalue weighted by atomic mass is 35.5. The molecule has 0 fully saturated rings. The fourth-order valence-electron chi connectivity index (χ4n) is 1.63. The van der Waals surface area contributed by atoms with E-state index in [0.717, 1.165) is 15.9 Å². The van der Waals surface area contributed by atoms with E-state index in [9.17, 15) is 0 Å². The first-order valence-electron chi connectivity index (χ1n) is 5.40. The summed E-state index contributed by atoms with van der Waals surface area (Å²) < 4.78 is 0. The second-order valence-electron chi connectivity index (χ2n) is 3.69. The second kappa shape index (κ2) is 4.99. The minimum absolute atomic E-state index is 0.147. The largest absolute Gasteiger partial charge is 0.368 e. The number of hydrogen-bond acceptors (Lipinski definition) is 6. The summed E-state index contributed by atoms with van der Waals surface area (Å²) in [4.78, 5) is 16.4. The molecular weight excluding hydrogens is 282 g/mol. The fourth-order valence-corrected chi connectivity index (χ4v) is 2.77. The van der Waals surface area contributed by atoms with Crippen LogP contribution in [0.25, 0.3) is 10.9 Å². The second-order valence-corrected chi connectivity index (χ2v) is 5.08. The van der Waals surface area contributed by atoms with E-state index in [4.69, 9.17) is 17.3 Å². The molecule has 3 rings (SSSR count). The van der Waals surface area contributed by atoms with Gasteiger partial charge in [-0.2, -0.15) is 0 Å². The molecule has 0 aliphatic carbocycles. The SMILES string of the molecule is Nc1nc(Cl)cc(Sc2ncnc3ccccc23)n1. The Bertz CT molecular complexity index is 724. The van der Waals surface area contributed by atoms with Crippen molar-refractivity contribution in [3.63, 3.8) is 0 Å². The number of aromatic nitrogens is 4. The van der Waals surface area contributed by atoms with E-state index < -0.39 is 0 Å². The lowest BCUT2D eigenvalue weighted by Crippen LogP contribution is -1.96. The lowest BCUT2D eigenvalue weighted by Gasteiger charge is -2.04. The number of hydrogen-bond donors (Lipinski definition) is 1. The van der Waals surface area contributed by atoms with Crippen LogP contribution in [0, 0.1) is 0 Å². The summed E-state index contributed by atoms with van der Waals surface area (Å²) in [6.45, 7) is 0. The summed E-state index contributed by atoms with van der Waals surface area (Å²) in [5.74, 6) is 0.147. The number of halogens is 1. The van der Waals surface area contributed by atoms with Gasteiger partial charge in [-0.25, -0.2) is 19.9 Å². The van der Waals surface area contributed by atoms with Crippen LogP contribution in [0.5, 0.6) is 0 Å². The van der Waals surface area contributed by atoms with Crippen molar-refractivity contribution in [1.82, 2.24) is 19.9 Å². The first kappa shape index (κ1) is 12.1. The number of anilines is 1. The Hall–Kier alpha value is -1.92. The molecule has 0 unspecified atom stereocenters. The van der Waals surface area contributed by atoms with Gasteiger partial charge in [0, 0.05) is 11.5 Å². The summed E-state index contributed by atoms with van der Waals surface area (Å²) in [6.07, 6.45) is 1.52. The minimum Gasteiger partial charge on any atom is -0.368 e. The Kier molecular flexibility index (Phi) is 3.18. The van der Waals surface area contributed by atoms with Gasteiger partial charge in [0.05, 0.1) is 5.52 Å². The van der Waals surface area contributed by atoms with Crippen LogP contribution >= 0.6 is 23.4 Å².